The van der Waals surface area contributed by atoms with Gasteiger partial charge in [0.15, 0.2) is 0 Å². The fraction of sp³-hybridized carbons (Fsp3) is 0.385. The van der Waals surface area contributed by atoms with Gasteiger partial charge in [-0.15, -0.1) is 0 Å². The molecule has 4 nitrogen and oxygen atoms in total. The summed E-state index contributed by atoms with van der Waals surface area (Å²) < 4.78 is 0. The third-order valence-electron chi connectivity index (χ3n) is 2.90. The maximum atomic E-state index is 11.7. The Hall–Kier alpha value is -1.86. The molecule has 1 atom stereocenters. The predicted octanol–water partition coefficient (Wildman–Crippen LogP) is 0.926. The molecule has 0 spiro atoms. The molecule has 1 fully saturated rings. The molecule has 0 saturated carbocycles. The Morgan fingerprint density at radius 3 is 3.18 bits per heavy atom. The van der Waals surface area contributed by atoms with Gasteiger partial charge < -0.3 is 10.6 Å². The van der Waals surface area contributed by atoms with E-state index in [2.05, 4.69) is 16.7 Å². The summed E-state index contributed by atoms with van der Waals surface area (Å²) in [7, 11) is 0. The number of benzene rings is 1. The van der Waals surface area contributed by atoms with Crippen molar-refractivity contribution < 1.29 is 4.79 Å². The summed E-state index contributed by atoms with van der Waals surface area (Å²) in [5.74, 6) is 0.0462. The van der Waals surface area contributed by atoms with Crippen molar-refractivity contribution in [3.8, 4) is 6.07 Å². The lowest BCUT2D eigenvalue weighted by Gasteiger charge is -2.11. The van der Waals surface area contributed by atoms with Gasteiger partial charge in [-0.2, -0.15) is 5.26 Å². The van der Waals surface area contributed by atoms with Crippen molar-refractivity contribution in [1.82, 2.24) is 10.6 Å². The number of hydrogen-bond donors (Lipinski definition) is 2. The maximum Gasteiger partial charge on any atom is 0.237 e. The maximum absolute atomic E-state index is 11.7. The number of nitrogens with one attached hydrogen (secondary N) is 2. The molecule has 1 heterocycles. The minimum atomic E-state index is -0.0471. The third-order valence-corrected chi connectivity index (χ3v) is 2.90. The zero-order valence-electron chi connectivity index (χ0n) is 9.57. The summed E-state index contributed by atoms with van der Waals surface area (Å²) in [6.45, 7) is 1.40. The number of carbonyl (C=O) groups excluding carboxylic acids is 1. The normalized spacial score (nSPS) is 18.6. The molecule has 0 aromatic heterocycles. The minimum absolute atomic E-state index is 0.0462. The van der Waals surface area contributed by atoms with E-state index in [1.54, 1.807) is 12.1 Å². The Bertz CT molecular complexity index is 444. The van der Waals surface area contributed by atoms with Crippen LogP contribution < -0.4 is 10.6 Å². The van der Waals surface area contributed by atoms with E-state index < -0.39 is 0 Å². The Kier molecular flexibility index (Phi) is 3.73. The van der Waals surface area contributed by atoms with Crippen LogP contribution in [0.15, 0.2) is 24.3 Å². The molecule has 2 rings (SSSR count). The first-order chi connectivity index (χ1) is 8.29. The highest BCUT2D eigenvalue weighted by atomic mass is 16.2. The number of nitrogens with zero attached hydrogens (tertiary/aromatic N) is 1. The van der Waals surface area contributed by atoms with Gasteiger partial charge in [0.05, 0.1) is 17.7 Å². The van der Waals surface area contributed by atoms with Gasteiger partial charge in [0.25, 0.3) is 0 Å². The summed E-state index contributed by atoms with van der Waals surface area (Å²) in [6, 6.07) is 9.32. The monoisotopic (exact) mass is 229 g/mol. The SMILES string of the molecule is N#Cc1cccc(CNC(=O)[C@@H]2CCCN2)c1. The van der Waals surface area contributed by atoms with Gasteiger partial charge in [0, 0.05) is 6.54 Å². The fourth-order valence-corrected chi connectivity index (χ4v) is 1.97. The molecule has 17 heavy (non-hydrogen) atoms. The van der Waals surface area contributed by atoms with Gasteiger partial charge in [0.1, 0.15) is 0 Å². The van der Waals surface area contributed by atoms with Gasteiger partial charge in [-0.05, 0) is 37.1 Å². The molecule has 0 unspecified atom stereocenters. The van der Waals surface area contributed by atoms with Crippen LogP contribution in [0.2, 0.25) is 0 Å². The van der Waals surface area contributed by atoms with E-state index in [1.807, 2.05) is 12.1 Å². The zero-order chi connectivity index (χ0) is 12.1. The molecule has 2 N–H and O–H groups in total. The first-order valence-corrected chi connectivity index (χ1v) is 5.80. The molecule has 4 heteroatoms. The summed E-state index contributed by atoms with van der Waals surface area (Å²) >= 11 is 0. The van der Waals surface area contributed by atoms with Gasteiger partial charge in [-0.25, -0.2) is 0 Å². The van der Waals surface area contributed by atoms with E-state index in [1.165, 1.54) is 0 Å². The molecule has 0 bridgehead atoms. The molecule has 1 saturated heterocycles. The van der Waals surface area contributed by atoms with Gasteiger partial charge in [0.2, 0.25) is 5.91 Å². The fourth-order valence-electron chi connectivity index (χ4n) is 1.97. The van der Waals surface area contributed by atoms with Crippen molar-refractivity contribution in [1.29, 1.82) is 5.26 Å². The van der Waals surface area contributed by atoms with Crippen LogP contribution in [0.3, 0.4) is 0 Å². The van der Waals surface area contributed by atoms with Gasteiger partial charge >= 0.3 is 0 Å². The van der Waals surface area contributed by atoms with Gasteiger partial charge in [-0.1, -0.05) is 12.1 Å². The molecule has 88 valence electrons. The van der Waals surface area contributed by atoms with E-state index in [4.69, 9.17) is 5.26 Å². The van der Waals surface area contributed by atoms with Crippen LogP contribution in [0.1, 0.15) is 24.0 Å². The molecular weight excluding hydrogens is 214 g/mol. The van der Waals surface area contributed by atoms with Crippen molar-refractivity contribution in [3.05, 3.63) is 35.4 Å². The summed E-state index contributed by atoms with van der Waals surface area (Å²) in [6.07, 6.45) is 1.96. The second kappa shape index (κ2) is 5.46. The van der Waals surface area contributed by atoms with Crippen LogP contribution in [-0.2, 0) is 11.3 Å². The van der Waals surface area contributed by atoms with Crippen molar-refractivity contribution in [2.75, 3.05) is 6.54 Å². The highest BCUT2D eigenvalue weighted by Crippen LogP contribution is 2.06. The zero-order valence-corrected chi connectivity index (χ0v) is 9.57. The van der Waals surface area contributed by atoms with E-state index >= 15 is 0 Å². The Balaban J connectivity index is 1.88. The predicted molar refractivity (Wildman–Crippen MR) is 64.0 cm³/mol. The number of rotatable bonds is 3. The molecule has 0 aliphatic carbocycles. The summed E-state index contributed by atoms with van der Waals surface area (Å²) in [5, 5.41) is 14.8. The van der Waals surface area contributed by atoms with E-state index in [0.717, 1.165) is 24.9 Å². The molecule has 1 aromatic rings. The van der Waals surface area contributed by atoms with E-state index in [-0.39, 0.29) is 11.9 Å². The van der Waals surface area contributed by atoms with E-state index in [9.17, 15) is 4.79 Å². The highest BCUT2D eigenvalue weighted by Gasteiger charge is 2.21. The topological polar surface area (TPSA) is 64.9 Å². The Morgan fingerprint density at radius 1 is 1.59 bits per heavy atom. The summed E-state index contributed by atoms with van der Waals surface area (Å²) in [5.41, 5.74) is 1.58. The third kappa shape index (κ3) is 3.05. The lowest BCUT2D eigenvalue weighted by atomic mass is 10.1. The van der Waals surface area contributed by atoms with Crippen LogP contribution >= 0.6 is 0 Å². The second-order valence-corrected chi connectivity index (χ2v) is 4.18. The number of carbonyl (C=O) groups is 1. The van der Waals surface area contributed by atoms with Crippen molar-refractivity contribution in [2.45, 2.75) is 25.4 Å². The average molecular weight is 229 g/mol. The largest absolute Gasteiger partial charge is 0.351 e. The van der Waals surface area contributed by atoms with Crippen LogP contribution in [0.4, 0.5) is 0 Å². The van der Waals surface area contributed by atoms with Crippen molar-refractivity contribution >= 4 is 5.91 Å². The smallest absolute Gasteiger partial charge is 0.237 e. The lowest BCUT2D eigenvalue weighted by molar-refractivity contribution is -0.122. The first kappa shape index (κ1) is 11.6. The number of hydrogen-bond acceptors (Lipinski definition) is 3. The number of nitriles is 1. The molecule has 0 radical (unpaired) electrons. The average Bonchev–Trinajstić information content (AvgIpc) is 2.90. The molecular formula is C13H15N3O. The van der Waals surface area contributed by atoms with Crippen LogP contribution in [0, 0.1) is 11.3 Å². The van der Waals surface area contributed by atoms with Crippen LogP contribution in [0.25, 0.3) is 0 Å². The first-order valence-electron chi connectivity index (χ1n) is 5.80. The molecule has 1 aliphatic heterocycles. The van der Waals surface area contributed by atoms with Gasteiger partial charge in [-0.3, -0.25) is 4.79 Å². The standard InChI is InChI=1S/C13H15N3O/c14-8-10-3-1-4-11(7-10)9-16-13(17)12-5-2-6-15-12/h1,3-4,7,12,15H,2,5-6,9H2,(H,16,17)/t12-/m0/s1. The highest BCUT2D eigenvalue weighted by molar-refractivity contribution is 5.81. The van der Waals surface area contributed by atoms with Crippen LogP contribution in [0.5, 0.6) is 0 Å². The lowest BCUT2D eigenvalue weighted by Crippen LogP contribution is -2.39. The Labute approximate surface area is 101 Å². The number of amides is 1. The molecule has 1 aliphatic rings. The minimum Gasteiger partial charge on any atom is -0.351 e. The Morgan fingerprint density at radius 2 is 2.47 bits per heavy atom. The second-order valence-electron chi connectivity index (χ2n) is 4.18. The van der Waals surface area contributed by atoms with E-state index in [0.29, 0.717) is 12.1 Å². The molecule has 1 aromatic carbocycles. The van der Waals surface area contributed by atoms with Crippen molar-refractivity contribution in [2.24, 2.45) is 0 Å². The van der Waals surface area contributed by atoms with Crippen LogP contribution in [-0.4, -0.2) is 18.5 Å². The van der Waals surface area contributed by atoms with Crippen molar-refractivity contribution in [3.63, 3.8) is 0 Å². The quantitative estimate of drug-likeness (QED) is 0.810. The summed E-state index contributed by atoms with van der Waals surface area (Å²) in [4.78, 5) is 11.7. The molecule has 1 amide bonds.